The highest BCUT2D eigenvalue weighted by atomic mass is 32.1. The SMILES string of the molecule is NC(=O)C(S)c1nc(-c2ccc3c(c2)OCO3)c(-c2ccc3c(c2)OCO3)o1. The van der Waals surface area contributed by atoms with Crippen molar-refractivity contribution < 1.29 is 28.2 Å². The van der Waals surface area contributed by atoms with E-state index in [2.05, 4.69) is 17.6 Å². The Morgan fingerprint density at radius 3 is 2.14 bits per heavy atom. The molecule has 9 heteroatoms. The third-order valence-electron chi connectivity index (χ3n) is 4.43. The molecule has 1 amide bonds. The van der Waals surface area contributed by atoms with Crippen molar-refractivity contribution >= 4 is 18.5 Å². The fourth-order valence-corrected chi connectivity index (χ4v) is 3.16. The number of aromatic nitrogens is 1. The first-order valence-corrected chi connectivity index (χ1v) is 8.90. The number of thiol groups is 1. The lowest BCUT2D eigenvalue weighted by Gasteiger charge is -2.04. The lowest BCUT2D eigenvalue weighted by molar-refractivity contribution is -0.117. The van der Waals surface area contributed by atoms with Gasteiger partial charge in [0, 0.05) is 11.1 Å². The van der Waals surface area contributed by atoms with Crippen molar-refractivity contribution in [2.75, 3.05) is 13.6 Å². The molecule has 3 aromatic rings. The normalized spacial score (nSPS) is 14.9. The van der Waals surface area contributed by atoms with Crippen LogP contribution in [0.15, 0.2) is 40.8 Å². The van der Waals surface area contributed by atoms with Gasteiger partial charge in [0.25, 0.3) is 0 Å². The standard InChI is InChI=1S/C19H14N2O6S/c20-18(22)17(28)19-21-15(9-1-3-11-13(5-9)25-7-23-11)16(27-19)10-2-4-12-14(6-10)26-8-24-12/h1-6,17,28H,7-8H2,(H2,20,22). The molecule has 0 spiro atoms. The fourth-order valence-electron chi connectivity index (χ4n) is 3.05. The molecule has 2 N–H and O–H groups in total. The number of hydrogen-bond acceptors (Lipinski definition) is 8. The van der Waals surface area contributed by atoms with Gasteiger partial charge in [0.05, 0.1) is 0 Å². The maximum Gasteiger partial charge on any atom is 0.239 e. The zero-order valence-corrected chi connectivity index (χ0v) is 15.3. The second-order valence-corrected chi connectivity index (χ2v) is 6.69. The highest BCUT2D eigenvalue weighted by molar-refractivity contribution is 7.81. The summed E-state index contributed by atoms with van der Waals surface area (Å²) in [4.78, 5) is 16.1. The van der Waals surface area contributed by atoms with Crippen LogP contribution in [0.1, 0.15) is 11.1 Å². The molecule has 0 saturated carbocycles. The molecule has 2 aromatic carbocycles. The van der Waals surface area contributed by atoms with E-state index in [-0.39, 0.29) is 19.5 Å². The Morgan fingerprint density at radius 1 is 0.929 bits per heavy atom. The van der Waals surface area contributed by atoms with Crippen molar-refractivity contribution in [3.8, 4) is 45.6 Å². The number of amides is 1. The second-order valence-electron chi connectivity index (χ2n) is 6.17. The van der Waals surface area contributed by atoms with Gasteiger partial charge < -0.3 is 29.1 Å². The number of ether oxygens (including phenoxy) is 4. The van der Waals surface area contributed by atoms with Gasteiger partial charge in [-0.05, 0) is 36.4 Å². The number of hydrogen-bond donors (Lipinski definition) is 2. The maximum absolute atomic E-state index is 11.6. The molecule has 5 rings (SSSR count). The summed E-state index contributed by atoms with van der Waals surface area (Å²) in [5.74, 6) is 2.42. The fraction of sp³-hybridized carbons (Fsp3) is 0.158. The third-order valence-corrected chi connectivity index (χ3v) is 4.90. The summed E-state index contributed by atoms with van der Waals surface area (Å²) in [6, 6.07) is 10.8. The highest BCUT2D eigenvalue weighted by Crippen LogP contribution is 2.42. The van der Waals surface area contributed by atoms with Crippen LogP contribution in [0.2, 0.25) is 0 Å². The van der Waals surface area contributed by atoms with Crippen molar-refractivity contribution in [2.24, 2.45) is 5.73 Å². The minimum absolute atomic E-state index is 0.108. The van der Waals surface area contributed by atoms with Gasteiger partial charge in [-0.3, -0.25) is 4.79 Å². The Hall–Kier alpha value is -3.33. The van der Waals surface area contributed by atoms with Crippen LogP contribution in [-0.4, -0.2) is 24.5 Å². The summed E-state index contributed by atoms with van der Waals surface area (Å²) in [6.45, 7) is 0.327. The molecule has 0 saturated heterocycles. The van der Waals surface area contributed by atoms with Gasteiger partial charge in [0.1, 0.15) is 5.69 Å². The average Bonchev–Trinajstić information content (AvgIpc) is 3.44. The molecule has 2 aliphatic rings. The number of carbonyl (C=O) groups excluding carboxylic acids is 1. The van der Waals surface area contributed by atoms with Gasteiger partial charge in [-0.25, -0.2) is 4.98 Å². The molecule has 0 radical (unpaired) electrons. The van der Waals surface area contributed by atoms with Crippen LogP contribution >= 0.6 is 12.6 Å². The Kier molecular flexibility index (Phi) is 3.83. The van der Waals surface area contributed by atoms with E-state index in [0.29, 0.717) is 40.0 Å². The number of nitrogens with zero attached hydrogens (tertiary/aromatic N) is 1. The Bertz CT molecular complexity index is 1020. The molecule has 142 valence electrons. The van der Waals surface area contributed by atoms with Crippen LogP contribution in [0.4, 0.5) is 0 Å². The molecule has 28 heavy (non-hydrogen) atoms. The summed E-state index contributed by atoms with van der Waals surface area (Å²) in [5.41, 5.74) is 7.33. The van der Waals surface area contributed by atoms with Crippen LogP contribution in [0.25, 0.3) is 22.6 Å². The van der Waals surface area contributed by atoms with Crippen LogP contribution in [0, 0.1) is 0 Å². The minimum Gasteiger partial charge on any atom is -0.454 e. The van der Waals surface area contributed by atoms with Crippen molar-refractivity contribution in [3.05, 3.63) is 42.3 Å². The predicted molar refractivity (Wildman–Crippen MR) is 101 cm³/mol. The smallest absolute Gasteiger partial charge is 0.239 e. The van der Waals surface area contributed by atoms with Crippen molar-refractivity contribution in [3.63, 3.8) is 0 Å². The first kappa shape index (κ1) is 16.8. The van der Waals surface area contributed by atoms with Gasteiger partial charge in [0.15, 0.2) is 34.0 Å². The van der Waals surface area contributed by atoms with Crippen LogP contribution in [0.3, 0.4) is 0 Å². The molecule has 1 aromatic heterocycles. The molecule has 1 unspecified atom stereocenters. The summed E-state index contributed by atoms with van der Waals surface area (Å²) in [6.07, 6.45) is 0. The Balaban J connectivity index is 1.66. The van der Waals surface area contributed by atoms with E-state index in [4.69, 9.17) is 29.1 Å². The lowest BCUT2D eigenvalue weighted by Crippen LogP contribution is -2.17. The van der Waals surface area contributed by atoms with Crippen LogP contribution in [0.5, 0.6) is 23.0 Å². The maximum atomic E-state index is 11.6. The van der Waals surface area contributed by atoms with Gasteiger partial charge in [-0.15, -0.1) is 0 Å². The van der Waals surface area contributed by atoms with Gasteiger partial charge in [0.2, 0.25) is 25.4 Å². The summed E-state index contributed by atoms with van der Waals surface area (Å²) in [5, 5.41) is -0.976. The summed E-state index contributed by atoms with van der Waals surface area (Å²) < 4.78 is 27.5. The van der Waals surface area contributed by atoms with E-state index >= 15 is 0 Å². The minimum atomic E-state index is -0.976. The zero-order valence-electron chi connectivity index (χ0n) is 14.4. The summed E-state index contributed by atoms with van der Waals surface area (Å²) >= 11 is 4.21. The van der Waals surface area contributed by atoms with Crippen molar-refractivity contribution in [2.45, 2.75) is 5.25 Å². The highest BCUT2D eigenvalue weighted by Gasteiger charge is 2.26. The lowest BCUT2D eigenvalue weighted by atomic mass is 10.0. The molecule has 8 nitrogen and oxygen atoms in total. The Morgan fingerprint density at radius 2 is 1.50 bits per heavy atom. The van der Waals surface area contributed by atoms with Gasteiger partial charge in [-0.2, -0.15) is 12.6 Å². The van der Waals surface area contributed by atoms with Gasteiger partial charge in [-0.1, -0.05) is 0 Å². The van der Waals surface area contributed by atoms with E-state index in [1.165, 1.54) is 0 Å². The van der Waals surface area contributed by atoms with Crippen molar-refractivity contribution in [1.82, 2.24) is 4.98 Å². The molecule has 2 aliphatic heterocycles. The molecular formula is C19H14N2O6S. The van der Waals surface area contributed by atoms with Crippen LogP contribution in [-0.2, 0) is 4.79 Å². The predicted octanol–water partition coefficient (Wildman–Crippen LogP) is 2.92. The summed E-state index contributed by atoms with van der Waals surface area (Å²) in [7, 11) is 0. The second kappa shape index (κ2) is 6.38. The van der Waals surface area contributed by atoms with Crippen LogP contribution < -0.4 is 24.7 Å². The van der Waals surface area contributed by atoms with E-state index < -0.39 is 11.2 Å². The molecule has 1 atom stereocenters. The number of rotatable bonds is 4. The van der Waals surface area contributed by atoms with Crippen molar-refractivity contribution in [1.29, 1.82) is 0 Å². The molecule has 0 aliphatic carbocycles. The number of benzene rings is 2. The first-order chi connectivity index (χ1) is 13.6. The monoisotopic (exact) mass is 398 g/mol. The topological polar surface area (TPSA) is 106 Å². The number of fused-ring (bicyclic) bond motifs is 2. The quantitative estimate of drug-likeness (QED) is 0.651. The number of carbonyl (C=O) groups is 1. The number of oxazole rings is 1. The largest absolute Gasteiger partial charge is 0.454 e. The van der Waals surface area contributed by atoms with E-state index in [1.807, 2.05) is 12.1 Å². The van der Waals surface area contributed by atoms with Gasteiger partial charge >= 0.3 is 0 Å². The Labute approximate surface area is 164 Å². The number of nitrogens with two attached hydrogens (primary N) is 1. The molecular weight excluding hydrogens is 384 g/mol. The zero-order chi connectivity index (χ0) is 19.3. The number of primary amides is 1. The third kappa shape index (κ3) is 2.71. The molecule has 0 bridgehead atoms. The van der Waals surface area contributed by atoms with E-state index in [1.54, 1.807) is 24.3 Å². The first-order valence-electron chi connectivity index (χ1n) is 8.38. The van der Waals surface area contributed by atoms with E-state index in [9.17, 15) is 4.79 Å². The van der Waals surface area contributed by atoms with E-state index in [0.717, 1.165) is 5.56 Å². The molecule has 0 fully saturated rings. The average molecular weight is 398 g/mol. The molecule has 3 heterocycles.